The maximum Gasteiger partial charge on any atom is 0.248 e. The Hall–Kier alpha value is -2.04. The third kappa shape index (κ3) is 4.98. The molecule has 2 N–H and O–H groups in total. The molecule has 2 amide bonds. The lowest BCUT2D eigenvalue weighted by Crippen LogP contribution is -2.40. The summed E-state index contributed by atoms with van der Waals surface area (Å²) in [7, 11) is 0. The molecule has 1 aliphatic heterocycles. The zero-order chi connectivity index (χ0) is 16.7. The monoisotopic (exact) mass is 318 g/mol. The van der Waals surface area contributed by atoms with Crippen molar-refractivity contribution >= 4 is 11.8 Å². The first kappa shape index (κ1) is 17.3. The van der Waals surface area contributed by atoms with E-state index in [4.69, 9.17) is 10.5 Å². The minimum Gasteiger partial charge on any atom is -0.493 e. The summed E-state index contributed by atoms with van der Waals surface area (Å²) in [5.74, 6) is 0.358. The van der Waals surface area contributed by atoms with E-state index in [2.05, 4.69) is 6.92 Å². The number of likely N-dealkylation sites (tertiary alicyclic amines) is 1. The van der Waals surface area contributed by atoms with Crippen LogP contribution in [0.2, 0.25) is 0 Å². The van der Waals surface area contributed by atoms with E-state index in [1.54, 1.807) is 24.3 Å². The zero-order valence-electron chi connectivity index (χ0n) is 13.8. The van der Waals surface area contributed by atoms with Gasteiger partial charge in [0.2, 0.25) is 11.8 Å². The molecule has 1 aliphatic rings. The van der Waals surface area contributed by atoms with Crippen LogP contribution in [0.3, 0.4) is 0 Å². The molecular formula is C18H26N2O3. The molecule has 1 aromatic rings. The van der Waals surface area contributed by atoms with Gasteiger partial charge in [0.15, 0.2) is 0 Å². The van der Waals surface area contributed by atoms with E-state index in [-0.39, 0.29) is 5.91 Å². The molecule has 2 rings (SSSR count). The van der Waals surface area contributed by atoms with Crippen LogP contribution >= 0.6 is 0 Å². The second-order valence-corrected chi connectivity index (χ2v) is 5.99. The number of hydrogen-bond donors (Lipinski definition) is 1. The number of nitrogens with two attached hydrogens (primary N) is 1. The quantitative estimate of drug-likeness (QED) is 0.876. The van der Waals surface area contributed by atoms with Gasteiger partial charge < -0.3 is 15.4 Å². The highest BCUT2D eigenvalue weighted by Gasteiger charge is 2.23. The average molecular weight is 318 g/mol. The Labute approximate surface area is 137 Å². The summed E-state index contributed by atoms with van der Waals surface area (Å²) in [6.07, 6.45) is 6.03. The van der Waals surface area contributed by atoms with Gasteiger partial charge in [-0.1, -0.05) is 19.8 Å². The Morgan fingerprint density at radius 2 is 1.96 bits per heavy atom. The van der Waals surface area contributed by atoms with Gasteiger partial charge in [0.25, 0.3) is 0 Å². The van der Waals surface area contributed by atoms with Crippen molar-refractivity contribution < 1.29 is 14.3 Å². The number of carbonyl (C=O) groups excluding carboxylic acids is 2. The molecule has 0 aliphatic carbocycles. The molecule has 1 atom stereocenters. The minimum atomic E-state index is -0.460. The van der Waals surface area contributed by atoms with Crippen LogP contribution in [0, 0.1) is 0 Å². The van der Waals surface area contributed by atoms with Crippen LogP contribution in [0.15, 0.2) is 24.3 Å². The number of rotatable bonds is 6. The molecule has 1 heterocycles. The second kappa shape index (κ2) is 8.56. The Morgan fingerprint density at radius 3 is 2.61 bits per heavy atom. The van der Waals surface area contributed by atoms with E-state index >= 15 is 0 Å². The first-order valence-corrected chi connectivity index (χ1v) is 8.44. The van der Waals surface area contributed by atoms with E-state index < -0.39 is 5.91 Å². The Bertz CT molecular complexity index is 528. The van der Waals surface area contributed by atoms with Crippen molar-refractivity contribution in [2.24, 2.45) is 5.73 Å². The van der Waals surface area contributed by atoms with Crippen LogP contribution in [-0.4, -0.2) is 35.9 Å². The predicted octanol–water partition coefficient (Wildman–Crippen LogP) is 2.74. The molecule has 0 saturated carbocycles. The number of nitrogens with zero attached hydrogens (tertiary/aromatic N) is 1. The van der Waals surface area contributed by atoms with Gasteiger partial charge in [-0.15, -0.1) is 0 Å². The van der Waals surface area contributed by atoms with Gasteiger partial charge in [-0.25, -0.2) is 0 Å². The number of primary amides is 1. The zero-order valence-corrected chi connectivity index (χ0v) is 13.8. The minimum absolute atomic E-state index is 0.174. The Kier molecular flexibility index (Phi) is 6.44. The van der Waals surface area contributed by atoms with Gasteiger partial charge in [0.1, 0.15) is 5.75 Å². The number of hydrogen-bond acceptors (Lipinski definition) is 3. The highest BCUT2D eigenvalue weighted by atomic mass is 16.5. The standard InChI is InChI=1S/C18H26N2O3/c1-2-15-6-4-3-5-12-20(15)17(21)11-13-23-16-9-7-14(8-10-16)18(19)22/h7-10,15H,2-6,11-13H2,1H3,(H2,19,22)/t15-/m0/s1. The van der Waals surface area contributed by atoms with E-state index in [1.807, 2.05) is 4.90 Å². The first-order chi connectivity index (χ1) is 11.1. The highest BCUT2D eigenvalue weighted by molar-refractivity contribution is 5.92. The molecule has 0 aromatic heterocycles. The average Bonchev–Trinajstić information content (AvgIpc) is 2.80. The SMILES string of the molecule is CC[C@H]1CCCCCN1C(=O)CCOc1ccc(C(N)=O)cc1. The molecule has 1 saturated heterocycles. The van der Waals surface area contributed by atoms with Crippen molar-refractivity contribution in [1.82, 2.24) is 4.90 Å². The fourth-order valence-electron chi connectivity index (χ4n) is 3.05. The Morgan fingerprint density at radius 1 is 1.22 bits per heavy atom. The molecule has 0 bridgehead atoms. The van der Waals surface area contributed by atoms with Crippen molar-refractivity contribution in [3.05, 3.63) is 29.8 Å². The normalized spacial score (nSPS) is 18.3. The molecule has 5 nitrogen and oxygen atoms in total. The van der Waals surface area contributed by atoms with Gasteiger partial charge in [-0.2, -0.15) is 0 Å². The third-order valence-corrected chi connectivity index (χ3v) is 4.39. The van der Waals surface area contributed by atoms with Crippen molar-refractivity contribution in [3.8, 4) is 5.75 Å². The third-order valence-electron chi connectivity index (χ3n) is 4.39. The maximum atomic E-state index is 12.4. The van der Waals surface area contributed by atoms with Crippen molar-refractivity contribution in [2.75, 3.05) is 13.2 Å². The number of amides is 2. The molecule has 0 unspecified atom stereocenters. The lowest BCUT2D eigenvalue weighted by Gasteiger charge is -2.29. The van der Waals surface area contributed by atoms with Crippen LogP contribution in [0.25, 0.3) is 0 Å². The maximum absolute atomic E-state index is 12.4. The van der Waals surface area contributed by atoms with E-state index in [0.717, 1.165) is 25.8 Å². The van der Waals surface area contributed by atoms with Gasteiger partial charge in [-0.05, 0) is 43.5 Å². The largest absolute Gasteiger partial charge is 0.493 e. The van der Waals surface area contributed by atoms with Crippen LogP contribution in [-0.2, 0) is 4.79 Å². The first-order valence-electron chi connectivity index (χ1n) is 8.44. The van der Waals surface area contributed by atoms with Crippen LogP contribution in [0.5, 0.6) is 5.75 Å². The molecule has 1 aromatic carbocycles. The van der Waals surface area contributed by atoms with Crippen molar-refractivity contribution in [2.45, 2.75) is 51.5 Å². The lowest BCUT2D eigenvalue weighted by molar-refractivity contribution is -0.134. The number of ether oxygens (including phenoxy) is 1. The van der Waals surface area contributed by atoms with Crippen LogP contribution in [0.1, 0.15) is 55.8 Å². The summed E-state index contributed by atoms with van der Waals surface area (Å²) in [6, 6.07) is 7.03. The Balaban J connectivity index is 1.82. The molecule has 126 valence electrons. The van der Waals surface area contributed by atoms with E-state index in [0.29, 0.717) is 30.4 Å². The number of benzene rings is 1. The van der Waals surface area contributed by atoms with Gasteiger partial charge >= 0.3 is 0 Å². The van der Waals surface area contributed by atoms with Crippen LogP contribution in [0.4, 0.5) is 0 Å². The second-order valence-electron chi connectivity index (χ2n) is 5.99. The molecule has 0 radical (unpaired) electrons. The van der Waals surface area contributed by atoms with Crippen molar-refractivity contribution in [3.63, 3.8) is 0 Å². The summed E-state index contributed by atoms with van der Waals surface area (Å²) >= 11 is 0. The van der Waals surface area contributed by atoms with E-state index in [9.17, 15) is 9.59 Å². The molecule has 23 heavy (non-hydrogen) atoms. The summed E-state index contributed by atoms with van der Waals surface area (Å²) < 4.78 is 5.60. The van der Waals surface area contributed by atoms with Gasteiger partial charge in [-0.3, -0.25) is 9.59 Å². The fraction of sp³-hybridized carbons (Fsp3) is 0.556. The lowest BCUT2D eigenvalue weighted by atomic mass is 10.1. The fourth-order valence-corrected chi connectivity index (χ4v) is 3.05. The molecule has 5 heteroatoms. The topological polar surface area (TPSA) is 72.6 Å². The van der Waals surface area contributed by atoms with E-state index in [1.165, 1.54) is 12.8 Å². The highest BCUT2D eigenvalue weighted by Crippen LogP contribution is 2.20. The smallest absolute Gasteiger partial charge is 0.248 e. The van der Waals surface area contributed by atoms with Gasteiger partial charge in [0, 0.05) is 18.2 Å². The summed E-state index contributed by atoms with van der Waals surface area (Å²) in [6.45, 7) is 3.36. The molecule has 1 fully saturated rings. The summed E-state index contributed by atoms with van der Waals surface area (Å²) in [5.41, 5.74) is 5.64. The van der Waals surface area contributed by atoms with Crippen molar-refractivity contribution in [1.29, 1.82) is 0 Å². The van der Waals surface area contributed by atoms with Gasteiger partial charge in [0.05, 0.1) is 13.0 Å². The summed E-state index contributed by atoms with van der Waals surface area (Å²) in [4.78, 5) is 25.5. The molecule has 0 spiro atoms. The number of carbonyl (C=O) groups is 2. The molecular weight excluding hydrogens is 292 g/mol. The van der Waals surface area contributed by atoms with Crippen LogP contribution < -0.4 is 10.5 Å². The summed E-state index contributed by atoms with van der Waals surface area (Å²) in [5, 5.41) is 0. The predicted molar refractivity (Wildman–Crippen MR) is 89.3 cm³/mol.